The summed E-state index contributed by atoms with van der Waals surface area (Å²) in [5, 5.41) is 2.85. The van der Waals surface area contributed by atoms with Gasteiger partial charge < -0.3 is 10.2 Å². The number of hydrogen-bond acceptors (Lipinski definition) is 2. The third kappa shape index (κ3) is 3.69. The normalized spacial score (nSPS) is 16.5. The molecule has 2 rings (SSSR count). The molecule has 120 valence electrons. The van der Waals surface area contributed by atoms with E-state index >= 15 is 0 Å². The molecule has 22 heavy (non-hydrogen) atoms. The summed E-state index contributed by atoms with van der Waals surface area (Å²) >= 11 is 3.40. The molecule has 2 amide bonds. The molecule has 1 fully saturated rings. The summed E-state index contributed by atoms with van der Waals surface area (Å²) in [4.78, 5) is 27.1. The Morgan fingerprint density at radius 3 is 2.41 bits per heavy atom. The number of likely N-dealkylation sites (tertiary alicyclic amines) is 1. The Morgan fingerprint density at radius 1 is 1.23 bits per heavy atom. The van der Waals surface area contributed by atoms with Crippen LogP contribution in [0.2, 0.25) is 0 Å². The number of para-hydroxylation sites is 1. The molecule has 1 heterocycles. The predicted octanol–water partition coefficient (Wildman–Crippen LogP) is 3.67. The molecule has 0 aromatic heterocycles. The number of carbonyl (C=O) groups is 2. The van der Waals surface area contributed by atoms with E-state index in [0.717, 1.165) is 30.4 Å². The van der Waals surface area contributed by atoms with E-state index in [-0.39, 0.29) is 11.8 Å². The van der Waals surface area contributed by atoms with E-state index in [0.29, 0.717) is 11.6 Å². The van der Waals surface area contributed by atoms with Crippen molar-refractivity contribution in [2.75, 3.05) is 18.4 Å². The van der Waals surface area contributed by atoms with E-state index in [9.17, 15) is 9.59 Å². The number of nitrogens with one attached hydrogen (secondary N) is 1. The highest BCUT2D eigenvalue weighted by molar-refractivity contribution is 9.10. The van der Waals surface area contributed by atoms with Gasteiger partial charge in [-0.05, 0) is 60.7 Å². The van der Waals surface area contributed by atoms with Crippen molar-refractivity contribution in [1.29, 1.82) is 0 Å². The zero-order chi connectivity index (χ0) is 16.3. The fraction of sp³-hybridized carbons (Fsp3) is 0.529. The van der Waals surface area contributed by atoms with Crippen LogP contribution in [0.25, 0.3) is 0 Å². The van der Waals surface area contributed by atoms with Gasteiger partial charge in [0.1, 0.15) is 5.41 Å². The van der Waals surface area contributed by atoms with Crippen LogP contribution in [-0.4, -0.2) is 29.8 Å². The van der Waals surface area contributed by atoms with Crippen molar-refractivity contribution in [1.82, 2.24) is 4.90 Å². The SMILES string of the molecule is CC1CCN(C(=O)C(C)(C)C(=O)Nc2ccccc2Br)CC1. The summed E-state index contributed by atoms with van der Waals surface area (Å²) in [7, 11) is 0. The van der Waals surface area contributed by atoms with Crippen LogP contribution >= 0.6 is 15.9 Å². The molecule has 1 aromatic rings. The molecule has 0 bridgehead atoms. The number of anilines is 1. The summed E-state index contributed by atoms with van der Waals surface area (Å²) in [5.74, 6) is 0.285. The molecule has 0 aliphatic carbocycles. The minimum atomic E-state index is -1.07. The fourth-order valence-corrected chi connectivity index (χ4v) is 2.93. The van der Waals surface area contributed by atoms with Crippen LogP contribution in [0.4, 0.5) is 5.69 Å². The van der Waals surface area contributed by atoms with Gasteiger partial charge in [-0.2, -0.15) is 0 Å². The fourth-order valence-electron chi connectivity index (χ4n) is 2.55. The van der Waals surface area contributed by atoms with Crippen LogP contribution in [0.5, 0.6) is 0 Å². The molecule has 0 atom stereocenters. The van der Waals surface area contributed by atoms with Crippen molar-refractivity contribution in [3.05, 3.63) is 28.7 Å². The highest BCUT2D eigenvalue weighted by Crippen LogP contribution is 2.27. The highest BCUT2D eigenvalue weighted by atomic mass is 79.9. The molecule has 0 saturated carbocycles. The summed E-state index contributed by atoms with van der Waals surface area (Å²) in [6.45, 7) is 7.07. The number of nitrogens with zero attached hydrogens (tertiary/aromatic N) is 1. The van der Waals surface area contributed by atoms with E-state index in [2.05, 4.69) is 28.2 Å². The second kappa shape index (κ2) is 6.82. The van der Waals surface area contributed by atoms with Crippen molar-refractivity contribution in [3.63, 3.8) is 0 Å². The maximum absolute atomic E-state index is 12.7. The van der Waals surface area contributed by atoms with E-state index in [1.165, 1.54) is 0 Å². The lowest BCUT2D eigenvalue weighted by Gasteiger charge is -2.35. The number of amides is 2. The third-order valence-electron chi connectivity index (χ3n) is 4.30. The van der Waals surface area contributed by atoms with Crippen LogP contribution in [0, 0.1) is 11.3 Å². The van der Waals surface area contributed by atoms with Crippen LogP contribution in [0.1, 0.15) is 33.6 Å². The van der Waals surface area contributed by atoms with E-state index in [4.69, 9.17) is 0 Å². The molecular weight excluding hydrogens is 344 g/mol. The van der Waals surface area contributed by atoms with E-state index < -0.39 is 5.41 Å². The van der Waals surface area contributed by atoms with Gasteiger partial charge >= 0.3 is 0 Å². The Morgan fingerprint density at radius 2 is 1.82 bits per heavy atom. The van der Waals surface area contributed by atoms with Gasteiger partial charge in [0.25, 0.3) is 0 Å². The maximum atomic E-state index is 12.7. The molecule has 5 heteroatoms. The van der Waals surface area contributed by atoms with Crippen LogP contribution in [0.3, 0.4) is 0 Å². The van der Waals surface area contributed by atoms with Gasteiger partial charge in [0, 0.05) is 17.6 Å². The Balaban J connectivity index is 2.07. The van der Waals surface area contributed by atoms with Crippen LogP contribution in [0.15, 0.2) is 28.7 Å². The maximum Gasteiger partial charge on any atom is 0.239 e. The number of piperidine rings is 1. The second-order valence-corrected chi connectivity index (χ2v) is 7.39. The molecule has 1 aromatic carbocycles. The quantitative estimate of drug-likeness (QED) is 0.829. The van der Waals surface area contributed by atoms with Gasteiger partial charge in [0.2, 0.25) is 11.8 Å². The Bertz CT molecular complexity index is 564. The lowest BCUT2D eigenvalue weighted by atomic mass is 9.88. The number of hydrogen-bond donors (Lipinski definition) is 1. The molecule has 1 aliphatic heterocycles. The average molecular weight is 367 g/mol. The average Bonchev–Trinajstić information content (AvgIpc) is 2.49. The largest absolute Gasteiger partial charge is 0.342 e. The molecule has 0 unspecified atom stereocenters. The molecule has 1 saturated heterocycles. The zero-order valence-corrected chi connectivity index (χ0v) is 14.9. The first-order valence-electron chi connectivity index (χ1n) is 7.67. The Hall–Kier alpha value is -1.36. The first-order valence-corrected chi connectivity index (χ1v) is 8.47. The number of halogens is 1. The van der Waals surface area contributed by atoms with Crippen LogP contribution < -0.4 is 5.32 Å². The van der Waals surface area contributed by atoms with Gasteiger partial charge in [-0.25, -0.2) is 0 Å². The summed E-state index contributed by atoms with van der Waals surface area (Å²) in [6, 6.07) is 7.40. The van der Waals surface area contributed by atoms with Crippen molar-refractivity contribution < 1.29 is 9.59 Å². The molecule has 1 N–H and O–H groups in total. The van der Waals surface area contributed by atoms with Gasteiger partial charge in [-0.1, -0.05) is 19.1 Å². The van der Waals surface area contributed by atoms with Gasteiger partial charge in [0.05, 0.1) is 5.69 Å². The van der Waals surface area contributed by atoms with Crippen LogP contribution in [-0.2, 0) is 9.59 Å². The second-order valence-electron chi connectivity index (χ2n) is 6.53. The zero-order valence-electron chi connectivity index (χ0n) is 13.4. The molecule has 0 radical (unpaired) electrons. The lowest BCUT2D eigenvalue weighted by Crippen LogP contribution is -2.49. The van der Waals surface area contributed by atoms with Crippen molar-refractivity contribution in [2.24, 2.45) is 11.3 Å². The lowest BCUT2D eigenvalue weighted by molar-refractivity contribution is -0.147. The first kappa shape index (κ1) is 17.0. The van der Waals surface area contributed by atoms with Crippen molar-refractivity contribution in [3.8, 4) is 0 Å². The Labute approximate surface area is 140 Å². The van der Waals surface area contributed by atoms with Crippen molar-refractivity contribution >= 4 is 33.4 Å². The van der Waals surface area contributed by atoms with E-state index in [1.54, 1.807) is 13.8 Å². The standard InChI is InChI=1S/C17H23BrN2O2/c1-12-8-10-20(11-9-12)16(22)17(2,3)15(21)19-14-7-5-4-6-13(14)18/h4-7,12H,8-11H2,1-3H3,(H,19,21). The van der Waals surface area contributed by atoms with Gasteiger partial charge in [-0.15, -0.1) is 0 Å². The smallest absolute Gasteiger partial charge is 0.239 e. The van der Waals surface area contributed by atoms with E-state index in [1.807, 2.05) is 29.2 Å². The minimum Gasteiger partial charge on any atom is -0.342 e. The predicted molar refractivity (Wildman–Crippen MR) is 91.5 cm³/mol. The molecular formula is C17H23BrN2O2. The molecule has 0 spiro atoms. The molecule has 4 nitrogen and oxygen atoms in total. The monoisotopic (exact) mass is 366 g/mol. The number of carbonyl (C=O) groups excluding carboxylic acids is 2. The van der Waals surface area contributed by atoms with Crippen molar-refractivity contribution in [2.45, 2.75) is 33.6 Å². The Kier molecular flexibility index (Phi) is 5.27. The molecule has 1 aliphatic rings. The number of rotatable bonds is 3. The third-order valence-corrected chi connectivity index (χ3v) is 4.99. The van der Waals surface area contributed by atoms with Gasteiger partial charge in [0.15, 0.2) is 0 Å². The summed E-state index contributed by atoms with van der Waals surface area (Å²) in [5.41, 5.74) is -0.392. The van der Waals surface area contributed by atoms with Gasteiger partial charge in [-0.3, -0.25) is 9.59 Å². The first-order chi connectivity index (χ1) is 10.3. The number of benzene rings is 1. The topological polar surface area (TPSA) is 49.4 Å². The summed E-state index contributed by atoms with van der Waals surface area (Å²) < 4.78 is 0.804. The minimum absolute atomic E-state index is 0.0936. The summed E-state index contributed by atoms with van der Waals surface area (Å²) in [6.07, 6.45) is 2.02. The highest BCUT2D eigenvalue weighted by Gasteiger charge is 2.40.